The topological polar surface area (TPSA) is 105 Å². The number of non-ortho nitro benzene ring substituents is 1. The van der Waals surface area contributed by atoms with Gasteiger partial charge in [-0.2, -0.15) is 0 Å². The van der Waals surface area contributed by atoms with E-state index in [1.807, 2.05) is 30.3 Å². The fourth-order valence-electron chi connectivity index (χ4n) is 3.09. The Morgan fingerprint density at radius 1 is 1.16 bits per heavy atom. The van der Waals surface area contributed by atoms with Gasteiger partial charge >= 0.3 is 0 Å². The van der Waals surface area contributed by atoms with Gasteiger partial charge in [-0.3, -0.25) is 19.9 Å². The lowest BCUT2D eigenvalue weighted by Crippen LogP contribution is -2.36. The minimum absolute atomic E-state index is 0.0716. The Balaban J connectivity index is 1.77. The molecule has 1 unspecified atom stereocenters. The predicted molar refractivity (Wildman–Crippen MR) is 91.1 cm³/mol. The fraction of sp³-hybridized carbons (Fsp3) is 0.111. The van der Waals surface area contributed by atoms with E-state index >= 15 is 0 Å². The normalized spacial score (nSPS) is 18.8. The SMILES string of the molecule is O=C1Nc2ccc([N+](=O)[O-])cc2C1(O)Cc1ccc2ccccc2n1. The van der Waals surface area contributed by atoms with E-state index in [0.29, 0.717) is 11.4 Å². The Kier molecular flexibility index (Phi) is 3.26. The molecular formula is C18H13N3O4. The molecule has 0 saturated heterocycles. The Hall–Kier alpha value is -3.32. The Bertz CT molecular complexity index is 1030. The third kappa shape index (κ3) is 2.41. The van der Waals surface area contributed by atoms with Crippen LogP contribution >= 0.6 is 0 Å². The van der Waals surface area contributed by atoms with Crippen LogP contribution < -0.4 is 5.32 Å². The van der Waals surface area contributed by atoms with Crippen molar-refractivity contribution in [3.05, 3.63) is 76.0 Å². The Morgan fingerprint density at radius 2 is 1.96 bits per heavy atom. The Morgan fingerprint density at radius 3 is 2.76 bits per heavy atom. The zero-order valence-electron chi connectivity index (χ0n) is 13.0. The van der Waals surface area contributed by atoms with Gasteiger partial charge in [0.2, 0.25) is 0 Å². The van der Waals surface area contributed by atoms with Gasteiger partial charge in [0.05, 0.1) is 10.4 Å². The largest absolute Gasteiger partial charge is 0.375 e. The van der Waals surface area contributed by atoms with Crippen molar-refractivity contribution in [2.45, 2.75) is 12.0 Å². The van der Waals surface area contributed by atoms with Crippen molar-refractivity contribution in [2.75, 3.05) is 5.32 Å². The fourth-order valence-corrected chi connectivity index (χ4v) is 3.09. The van der Waals surface area contributed by atoms with Crippen LogP contribution in [0, 0.1) is 10.1 Å². The number of amides is 1. The predicted octanol–water partition coefficient (Wildman–Crippen LogP) is 2.53. The molecule has 0 radical (unpaired) electrons. The second-order valence-electron chi connectivity index (χ2n) is 5.97. The number of carbonyl (C=O) groups excluding carboxylic acids is 1. The van der Waals surface area contributed by atoms with Gasteiger partial charge in [-0.25, -0.2) is 0 Å². The molecule has 7 heteroatoms. The average molecular weight is 335 g/mol. The molecule has 1 aromatic heterocycles. The molecule has 2 aromatic carbocycles. The van der Waals surface area contributed by atoms with E-state index in [-0.39, 0.29) is 17.7 Å². The van der Waals surface area contributed by atoms with E-state index in [9.17, 15) is 20.0 Å². The van der Waals surface area contributed by atoms with Crippen LogP contribution in [0.15, 0.2) is 54.6 Å². The quantitative estimate of drug-likeness (QED) is 0.565. The molecule has 7 nitrogen and oxygen atoms in total. The second kappa shape index (κ2) is 5.35. The molecule has 1 atom stereocenters. The summed E-state index contributed by atoms with van der Waals surface area (Å²) in [4.78, 5) is 27.3. The summed E-state index contributed by atoms with van der Waals surface area (Å²) in [5.74, 6) is -0.613. The smallest absolute Gasteiger partial charge is 0.269 e. The first-order valence-corrected chi connectivity index (χ1v) is 7.65. The summed E-state index contributed by atoms with van der Waals surface area (Å²) in [6.07, 6.45) is -0.0716. The number of carbonyl (C=O) groups is 1. The first-order valence-electron chi connectivity index (χ1n) is 7.65. The maximum absolute atomic E-state index is 12.3. The number of hydrogen-bond donors (Lipinski definition) is 2. The number of nitro benzene ring substituents is 1. The minimum Gasteiger partial charge on any atom is -0.375 e. The standard InChI is InChI=1S/C18H13N3O4/c22-17-18(23,14-9-13(21(24)25)7-8-16(14)20-17)10-12-6-5-11-3-1-2-4-15(11)19-12/h1-9,23H,10H2,(H,20,22). The molecule has 1 aliphatic rings. The molecule has 4 rings (SSSR count). The highest BCUT2D eigenvalue weighted by atomic mass is 16.6. The number of pyridine rings is 1. The van der Waals surface area contributed by atoms with Crippen LogP contribution in [0.1, 0.15) is 11.3 Å². The summed E-state index contributed by atoms with van der Waals surface area (Å²) < 4.78 is 0. The number of nitrogens with zero attached hydrogens (tertiary/aromatic N) is 2. The molecule has 0 fully saturated rings. The van der Waals surface area contributed by atoms with E-state index in [2.05, 4.69) is 10.3 Å². The van der Waals surface area contributed by atoms with Gasteiger partial charge in [-0.15, -0.1) is 0 Å². The van der Waals surface area contributed by atoms with Crippen LogP contribution in [-0.4, -0.2) is 20.9 Å². The number of fused-ring (bicyclic) bond motifs is 2. The molecule has 1 amide bonds. The summed E-state index contributed by atoms with van der Waals surface area (Å²) in [7, 11) is 0. The zero-order chi connectivity index (χ0) is 17.6. The van der Waals surface area contributed by atoms with Crippen molar-refractivity contribution < 1.29 is 14.8 Å². The first kappa shape index (κ1) is 15.2. The number of nitro groups is 1. The van der Waals surface area contributed by atoms with Gasteiger partial charge in [0.15, 0.2) is 5.60 Å². The van der Waals surface area contributed by atoms with E-state index in [0.717, 1.165) is 10.9 Å². The average Bonchev–Trinajstić information content (AvgIpc) is 2.85. The minimum atomic E-state index is -1.89. The van der Waals surface area contributed by atoms with Crippen molar-refractivity contribution >= 4 is 28.2 Å². The molecule has 124 valence electrons. The first-order chi connectivity index (χ1) is 12.0. The third-order valence-electron chi connectivity index (χ3n) is 4.38. The van der Waals surface area contributed by atoms with Gasteiger partial charge in [-0.1, -0.05) is 24.3 Å². The van der Waals surface area contributed by atoms with Crippen molar-refractivity contribution in [1.82, 2.24) is 4.98 Å². The van der Waals surface area contributed by atoms with E-state index in [4.69, 9.17) is 0 Å². The molecule has 2 heterocycles. The van der Waals surface area contributed by atoms with Crippen LogP contribution in [0.2, 0.25) is 0 Å². The van der Waals surface area contributed by atoms with Crippen LogP contribution in [0.3, 0.4) is 0 Å². The van der Waals surface area contributed by atoms with Gasteiger partial charge in [-0.05, 0) is 18.2 Å². The second-order valence-corrected chi connectivity index (χ2v) is 5.97. The molecule has 1 aliphatic heterocycles. The summed E-state index contributed by atoms with van der Waals surface area (Å²) in [6.45, 7) is 0. The number of anilines is 1. The molecule has 2 N–H and O–H groups in total. The monoisotopic (exact) mass is 335 g/mol. The van der Waals surface area contributed by atoms with Crippen LogP contribution in [0.5, 0.6) is 0 Å². The number of hydrogen-bond acceptors (Lipinski definition) is 5. The molecule has 0 aliphatic carbocycles. The highest BCUT2D eigenvalue weighted by Gasteiger charge is 2.46. The van der Waals surface area contributed by atoms with E-state index in [1.54, 1.807) is 6.07 Å². The van der Waals surface area contributed by atoms with Crippen LogP contribution in [0.4, 0.5) is 11.4 Å². The lowest BCUT2D eigenvalue weighted by molar-refractivity contribution is -0.385. The van der Waals surface area contributed by atoms with Crippen molar-refractivity contribution in [3.63, 3.8) is 0 Å². The van der Waals surface area contributed by atoms with E-state index < -0.39 is 16.4 Å². The van der Waals surface area contributed by atoms with Crippen LogP contribution in [-0.2, 0) is 16.8 Å². The van der Waals surface area contributed by atoms with Crippen molar-refractivity contribution in [3.8, 4) is 0 Å². The highest BCUT2D eigenvalue weighted by Crippen LogP contribution is 2.40. The number of aromatic nitrogens is 1. The van der Waals surface area contributed by atoms with Crippen LogP contribution in [0.25, 0.3) is 10.9 Å². The number of aliphatic hydroxyl groups is 1. The van der Waals surface area contributed by atoms with Gasteiger partial charge in [0.1, 0.15) is 0 Å². The third-order valence-corrected chi connectivity index (χ3v) is 4.38. The lowest BCUT2D eigenvalue weighted by atomic mass is 9.89. The number of para-hydroxylation sites is 1. The maximum atomic E-state index is 12.3. The van der Waals surface area contributed by atoms with Crippen molar-refractivity contribution in [1.29, 1.82) is 0 Å². The van der Waals surface area contributed by atoms with Crippen molar-refractivity contribution in [2.24, 2.45) is 0 Å². The van der Waals surface area contributed by atoms with Gasteiger partial charge < -0.3 is 10.4 Å². The number of nitrogens with one attached hydrogen (secondary N) is 1. The maximum Gasteiger partial charge on any atom is 0.269 e. The zero-order valence-corrected chi connectivity index (χ0v) is 13.0. The molecule has 3 aromatic rings. The summed E-state index contributed by atoms with van der Waals surface area (Å²) >= 11 is 0. The molecule has 0 spiro atoms. The number of rotatable bonds is 3. The van der Waals surface area contributed by atoms with E-state index in [1.165, 1.54) is 18.2 Å². The molecule has 25 heavy (non-hydrogen) atoms. The summed E-state index contributed by atoms with van der Waals surface area (Å²) in [5, 5.41) is 25.5. The van der Waals surface area contributed by atoms with Gasteiger partial charge in [0, 0.05) is 40.9 Å². The molecule has 0 saturated carbocycles. The molecular weight excluding hydrogens is 322 g/mol. The molecule has 0 bridgehead atoms. The highest BCUT2D eigenvalue weighted by molar-refractivity contribution is 6.05. The summed E-state index contributed by atoms with van der Waals surface area (Å²) in [5.41, 5.74) is -0.228. The Labute approximate surface area is 142 Å². The van der Waals surface area contributed by atoms with Gasteiger partial charge in [0.25, 0.3) is 11.6 Å². The number of benzene rings is 2. The lowest BCUT2D eigenvalue weighted by Gasteiger charge is -2.20. The summed E-state index contributed by atoms with van der Waals surface area (Å²) in [6, 6.07) is 15.1.